The van der Waals surface area contributed by atoms with E-state index in [1.54, 1.807) is 7.11 Å². The summed E-state index contributed by atoms with van der Waals surface area (Å²) in [5, 5.41) is 3.21. The van der Waals surface area contributed by atoms with Gasteiger partial charge in [0, 0.05) is 17.7 Å². The topological polar surface area (TPSA) is 81.4 Å². The van der Waals surface area contributed by atoms with Crippen LogP contribution in [0.1, 0.15) is 11.1 Å². The Bertz CT molecular complexity index is 1420. The molecule has 0 radical (unpaired) electrons. The molecule has 0 amide bonds. The van der Waals surface area contributed by atoms with Crippen LogP contribution in [0.15, 0.2) is 81.1 Å². The fourth-order valence-corrected chi connectivity index (χ4v) is 4.98. The third-order valence-electron chi connectivity index (χ3n) is 5.06. The minimum absolute atomic E-state index is 0.0187. The van der Waals surface area contributed by atoms with Crippen molar-refractivity contribution in [2.24, 2.45) is 0 Å². The van der Waals surface area contributed by atoms with Gasteiger partial charge in [-0.1, -0.05) is 59.6 Å². The second kappa shape index (κ2) is 9.47. The van der Waals surface area contributed by atoms with Crippen LogP contribution in [-0.2, 0) is 16.4 Å². The highest BCUT2D eigenvalue weighted by atomic mass is 35.5. The summed E-state index contributed by atoms with van der Waals surface area (Å²) in [7, 11) is -2.50. The Hall–Kier alpha value is -3.00. The number of benzene rings is 3. The van der Waals surface area contributed by atoms with E-state index in [1.165, 1.54) is 18.2 Å². The smallest absolute Gasteiger partial charge is 0.234 e. The highest BCUT2D eigenvalue weighted by molar-refractivity contribution is 7.91. The van der Waals surface area contributed by atoms with Crippen LogP contribution in [0.4, 0.5) is 5.88 Å². The first kappa shape index (κ1) is 23.2. The summed E-state index contributed by atoms with van der Waals surface area (Å²) in [6, 6.07) is 19.0. The number of halogens is 2. The standard InChI is InChI=1S/C24H20Cl2N2O4S/c1-15-7-3-5-9-18(15)22-28-24(33(29,30)17-11-12-19(25)20(26)13-17)23(32-22)27-14-16-8-4-6-10-21(16)31-2/h3-13,27H,14H2,1-2H3. The van der Waals surface area contributed by atoms with Gasteiger partial charge in [0.15, 0.2) is 0 Å². The number of anilines is 1. The van der Waals surface area contributed by atoms with E-state index < -0.39 is 9.84 Å². The van der Waals surface area contributed by atoms with E-state index in [0.717, 1.165) is 11.1 Å². The number of para-hydroxylation sites is 1. The number of nitrogens with zero attached hydrogens (tertiary/aromatic N) is 1. The molecular formula is C24H20Cl2N2O4S. The van der Waals surface area contributed by atoms with Crippen LogP contribution < -0.4 is 10.1 Å². The largest absolute Gasteiger partial charge is 0.496 e. The monoisotopic (exact) mass is 502 g/mol. The third-order valence-corrected chi connectivity index (χ3v) is 7.46. The summed E-state index contributed by atoms with van der Waals surface area (Å²) in [6.07, 6.45) is 0. The van der Waals surface area contributed by atoms with Crippen molar-refractivity contribution in [3.05, 3.63) is 87.9 Å². The predicted octanol–water partition coefficient (Wildman–Crippen LogP) is 6.41. The van der Waals surface area contributed by atoms with Crippen LogP contribution in [0.25, 0.3) is 11.5 Å². The first-order valence-corrected chi connectivity index (χ1v) is 12.2. The molecule has 0 aliphatic carbocycles. The van der Waals surface area contributed by atoms with Gasteiger partial charge < -0.3 is 14.5 Å². The molecule has 1 aromatic heterocycles. The molecule has 0 fully saturated rings. The SMILES string of the molecule is COc1ccccc1CNc1oc(-c2ccccc2C)nc1S(=O)(=O)c1ccc(Cl)c(Cl)c1. The summed E-state index contributed by atoms with van der Waals surface area (Å²) < 4.78 is 38.3. The lowest BCUT2D eigenvalue weighted by Gasteiger charge is -2.10. The van der Waals surface area contributed by atoms with Crippen molar-refractivity contribution in [1.82, 2.24) is 4.98 Å². The second-order valence-electron chi connectivity index (χ2n) is 7.21. The van der Waals surface area contributed by atoms with E-state index >= 15 is 0 Å². The minimum atomic E-state index is -4.07. The van der Waals surface area contributed by atoms with Gasteiger partial charge in [0.2, 0.25) is 26.6 Å². The predicted molar refractivity (Wildman–Crippen MR) is 129 cm³/mol. The Morgan fingerprint density at radius 3 is 2.45 bits per heavy atom. The molecule has 1 N–H and O–H groups in total. The van der Waals surface area contributed by atoms with Crippen molar-refractivity contribution < 1.29 is 17.6 Å². The number of oxazole rings is 1. The molecule has 0 aliphatic rings. The molecule has 0 unspecified atom stereocenters. The van der Waals surface area contributed by atoms with Crippen LogP contribution in [0, 0.1) is 6.92 Å². The molecule has 0 bridgehead atoms. The Morgan fingerprint density at radius 2 is 1.73 bits per heavy atom. The van der Waals surface area contributed by atoms with Crippen molar-refractivity contribution in [1.29, 1.82) is 0 Å². The number of hydrogen-bond acceptors (Lipinski definition) is 6. The van der Waals surface area contributed by atoms with Gasteiger partial charge in [-0.05, 0) is 42.8 Å². The molecule has 0 saturated carbocycles. The number of sulfone groups is 1. The van der Waals surface area contributed by atoms with Gasteiger partial charge in [0.05, 0.1) is 22.1 Å². The van der Waals surface area contributed by atoms with E-state index in [4.69, 9.17) is 32.4 Å². The van der Waals surface area contributed by atoms with Gasteiger partial charge in [-0.3, -0.25) is 0 Å². The maximum atomic E-state index is 13.5. The van der Waals surface area contributed by atoms with Gasteiger partial charge in [-0.25, -0.2) is 8.42 Å². The summed E-state index contributed by atoms with van der Waals surface area (Å²) in [5.41, 5.74) is 2.41. The number of rotatable bonds is 7. The number of nitrogens with one attached hydrogen (secondary N) is 1. The fourth-order valence-electron chi connectivity index (χ4n) is 3.31. The molecule has 4 aromatic rings. The molecular weight excluding hydrogens is 483 g/mol. The van der Waals surface area contributed by atoms with Crippen molar-refractivity contribution in [2.45, 2.75) is 23.4 Å². The summed E-state index contributed by atoms with van der Waals surface area (Å²) in [6.45, 7) is 2.16. The highest BCUT2D eigenvalue weighted by Gasteiger charge is 2.29. The molecule has 33 heavy (non-hydrogen) atoms. The van der Waals surface area contributed by atoms with Gasteiger partial charge >= 0.3 is 0 Å². The molecule has 6 nitrogen and oxygen atoms in total. The number of hydrogen-bond donors (Lipinski definition) is 1. The lowest BCUT2D eigenvalue weighted by Crippen LogP contribution is -2.08. The van der Waals surface area contributed by atoms with Gasteiger partial charge in [0.25, 0.3) is 0 Å². The average molecular weight is 503 g/mol. The molecule has 0 aliphatic heterocycles. The van der Waals surface area contributed by atoms with Crippen molar-refractivity contribution in [3.63, 3.8) is 0 Å². The molecule has 170 valence electrons. The molecule has 0 spiro atoms. The Kier molecular flexibility index (Phi) is 6.65. The van der Waals surface area contributed by atoms with E-state index in [-0.39, 0.29) is 38.3 Å². The molecule has 3 aromatic carbocycles. The zero-order valence-electron chi connectivity index (χ0n) is 17.8. The maximum Gasteiger partial charge on any atom is 0.234 e. The van der Waals surface area contributed by atoms with E-state index in [0.29, 0.717) is 11.3 Å². The van der Waals surface area contributed by atoms with Gasteiger partial charge in [-0.2, -0.15) is 4.98 Å². The molecule has 9 heteroatoms. The Labute approximate surface area is 202 Å². The normalized spacial score (nSPS) is 11.4. The van der Waals surface area contributed by atoms with Crippen molar-refractivity contribution >= 4 is 38.9 Å². The molecule has 0 saturated heterocycles. The Balaban J connectivity index is 1.80. The van der Waals surface area contributed by atoms with Crippen LogP contribution >= 0.6 is 23.2 Å². The zero-order valence-corrected chi connectivity index (χ0v) is 20.1. The first-order chi connectivity index (χ1) is 15.8. The number of aromatic nitrogens is 1. The minimum Gasteiger partial charge on any atom is -0.496 e. The number of aryl methyl sites for hydroxylation is 1. The summed E-state index contributed by atoms with van der Waals surface area (Å²) in [5.74, 6) is 0.872. The van der Waals surface area contributed by atoms with Crippen LogP contribution in [-0.4, -0.2) is 20.5 Å². The fraction of sp³-hybridized carbons (Fsp3) is 0.125. The zero-order chi connectivity index (χ0) is 23.6. The molecule has 0 atom stereocenters. The summed E-state index contributed by atoms with van der Waals surface area (Å²) in [4.78, 5) is 4.33. The lowest BCUT2D eigenvalue weighted by atomic mass is 10.1. The average Bonchev–Trinajstić information content (AvgIpc) is 3.24. The number of methoxy groups -OCH3 is 1. The van der Waals surface area contributed by atoms with E-state index in [9.17, 15) is 8.42 Å². The third kappa shape index (κ3) is 4.71. The van der Waals surface area contributed by atoms with Gasteiger partial charge in [-0.15, -0.1) is 0 Å². The lowest BCUT2D eigenvalue weighted by molar-refractivity contribution is 0.410. The summed E-state index contributed by atoms with van der Waals surface area (Å²) >= 11 is 12.0. The van der Waals surface area contributed by atoms with Crippen molar-refractivity contribution in [3.8, 4) is 17.2 Å². The Morgan fingerprint density at radius 1 is 1.00 bits per heavy atom. The van der Waals surface area contributed by atoms with E-state index in [1.807, 2.05) is 55.5 Å². The van der Waals surface area contributed by atoms with Crippen LogP contribution in [0.2, 0.25) is 10.0 Å². The van der Waals surface area contributed by atoms with Crippen LogP contribution in [0.5, 0.6) is 5.75 Å². The molecule has 4 rings (SSSR count). The van der Waals surface area contributed by atoms with Crippen molar-refractivity contribution in [2.75, 3.05) is 12.4 Å². The van der Waals surface area contributed by atoms with Crippen LogP contribution in [0.3, 0.4) is 0 Å². The molecule has 1 heterocycles. The maximum absolute atomic E-state index is 13.5. The van der Waals surface area contributed by atoms with E-state index in [2.05, 4.69) is 10.3 Å². The van der Waals surface area contributed by atoms with Gasteiger partial charge in [0.1, 0.15) is 5.75 Å². The highest BCUT2D eigenvalue weighted by Crippen LogP contribution is 2.35. The quantitative estimate of drug-likeness (QED) is 0.314. The second-order valence-corrected chi connectivity index (χ2v) is 9.89. The first-order valence-electron chi connectivity index (χ1n) is 9.94. The number of ether oxygens (including phenoxy) is 1.